The summed E-state index contributed by atoms with van der Waals surface area (Å²) < 4.78 is 5.45. The Kier molecular flexibility index (Phi) is 3.90. The Balaban J connectivity index is 2.23. The van der Waals surface area contributed by atoms with Gasteiger partial charge in [-0.05, 0) is 44.9 Å². The second-order valence-corrected chi connectivity index (χ2v) is 6.24. The number of hydrogen-bond acceptors (Lipinski definition) is 4. The highest BCUT2D eigenvalue weighted by Crippen LogP contribution is 2.33. The molecular weight excluding hydrogens is 254 g/mol. The molecule has 110 valence electrons. The number of nitrogen functional groups attached to an aromatic ring is 1. The molecule has 1 aromatic carbocycles. The molecule has 1 heterocycles. The largest absolute Gasteiger partial charge is 0.444 e. The smallest absolute Gasteiger partial charge is 0.410 e. The van der Waals surface area contributed by atoms with E-state index in [0.29, 0.717) is 12.2 Å². The average Bonchev–Trinajstić information content (AvgIpc) is 2.69. The van der Waals surface area contributed by atoms with E-state index in [1.165, 1.54) is 0 Å². The van der Waals surface area contributed by atoms with Gasteiger partial charge in [0.05, 0.1) is 6.04 Å². The number of rotatable bonds is 1. The van der Waals surface area contributed by atoms with E-state index in [1.54, 1.807) is 4.90 Å². The SMILES string of the molecule is CC(C)(C)OC(=O)N1CC[C@H](N)[C@H]1c1cccc(N)c1. The highest BCUT2D eigenvalue weighted by Gasteiger charge is 2.38. The molecule has 0 saturated carbocycles. The summed E-state index contributed by atoms with van der Waals surface area (Å²) in [6.07, 6.45) is 0.441. The molecule has 0 radical (unpaired) electrons. The Morgan fingerprint density at radius 3 is 2.70 bits per heavy atom. The van der Waals surface area contributed by atoms with Crippen molar-refractivity contribution in [2.75, 3.05) is 12.3 Å². The summed E-state index contributed by atoms with van der Waals surface area (Å²) in [5, 5.41) is 0. The topological polar surface area (TPSA) is 81.6 Å². The molecule has 1 amide bonds. The van der Waals surface area contributed by atoms with Crippen LogP contribution in [0.2, 0.25) is 0 Å². The Bertz CT molecular complexity index is 496. The lowest BCUT2D eigenvalue weighted by Gasteiger charge is -2.30. The van der Waals surface area contributed by atoms with Crippen molar-refractivity contribution in [2.24, 2.45) is 5.73 Å². The third-order valence-corrected chi connectivity index (χ3v) is 3.32. The van der Waals surface area contributed by atoms with Crippen LogP contribution in [0.1, 0.15) is 38.8 Å². The Morgan fingerprint density at radius 1 is 1.40 bits per heavy atom. The van der Waals surface area contributed by atoms with Crippen LogP contribution in [0.15, 0.2) is 24.3 Å². The van der Waals surface area contributed by atoms with Gasteiger partial charge >= 0.3 is 6.09 Å². The highest BCUT2D eigenvalue weighted by molar-refractivity contribution is 5.69. The molecule has 0 bridgehead atoms. The third-order valence-electron chi connectivity index (χ3n) is 3.32. The maximum Gasteiger partial charge on any atom is 0.410 e. The van der Waals surface area contributed by atoms with Crippen LogP contribution in [0, 0.1) is 0 Å². The zero-order valence-electron chi connectivity index (χ0n) is 12.3. The number of anilines is 1. The molecule has 0 aromatic heterocycles. The van der Waals surface area contributed by atoms with Gasteiger partial charge in [0.2, 0.25) is 0 Å². The van der Waals surface area contributed by atoms with Crippen molar-refractivity contribution in [1.82, 2.24) is 4.90 Å². The average molecular weight is 277 g/mol. The van der Waals surface area contributed by atoms with E-state index < -0.39 is 5.60 Å². The molecule has 2 rings (SSSR count). The van der Waals surface area contributed by atoms with Gasteiger partial charge in [-0.25, -0.2) is 4.79 Å². The van der Waals surface area contributed by atoms with Gasteiger partial charge in [0.25, 0.3) is 0 Å². The molecule has 0 unspecified atom stereocenters. The molecule has 1 aliphatic heterocycles. The lowest BCUT2D eigenvalue weighted by atomic mass is 10.0. The van der Waals surface area contributed by atoms with Crippen molar-refractivity contribution in [1.29, 1.82) is 0 Å². The molecular formula is C15H23N3O2. The van der Waals surface area contributed by atoms with Gasteiger partial charge < -0.3 is 16.2 Å². The van der Waals surface area contributed by atoms with E-state index in [0.717, 1.165) is 12.0 Å². The number of carbonyl (C=O) groups excluding carboxylic acids is 1. The van der Waals surface area contributed by atoms with E-state index in [1.807, 2.05) is 45.0 Å². The molecule has 5 nitrogen and oxygen atoms in total. The minimum absolute atomic E-state index is 0.0932. The van der Waals surface area contributed by atoms with Crippen LogP contribution in [0.25, 0.3) is 0 Å². The van der Waals surface area contributed by atoms with Crippen molar-refractivity contribution in [2.45, 2.75) is 44.9 Å². The molecule has 5 heteroatoms. The summed E-state index contributed by atoms with van der Waals surface area (Å²) in [6, 6.07) is 7.25. The van der Waals surface area contributed by atoms with Crippen LogP contribution in [0.3, 0.4) is 0 Å². The maximum atomic E-state index is 12.3. The Morgan fingerprint density at radius 2 is 2.10 bits per heavy atom. The number of likely N-dealkylation sites (tertiary alicyclic amines) is 1. The molecule has 1 aromatic rings. The van der Waals surface area contributed by atoms with E-state index in [4.69, 9.17) is 16.2 Å². The second kappa shape index (κ2) is 5.32. The summed E-state index contributed by atoms with van der Waals surface area (Å²) in [4.78, 5) is 14.0. The lowest BCUT2D eigenvalue weighted by Crippen LogP contribution is -2.39. The molecule has 2 atom stereocenters. The first-order valence-electron chi connectivity index (χ1n) is 6.88. The summed E-state index contributed by atoms with van der Waals surface area (Å²) >= 11 is 0. The molecule has 0 aliphatic carbocycles. The predicted octanol–water partition coefficient (Wildman–Crippen LogP) is 2.28. The number of nitrogens with zero attached hydrogens (tertiary/aromatic N) is 1. The van der Waals surface area contributed by atoms with Crippen molar-refractivity contribution in [3.63, 3.8) is 0 Å². The summed E-state index contributed by atoms with van der Waals surface area (Å²) in [7, 11) is 0. The normalized spacial score (nSPS) is 22.9. The lowest BCUT2D eigenvalue weighted by molar-refractivity contribution is 0.0218. The fourth-order valence-electron chi connectivity index (χ4n) is 2.51. The molecule has 1 fully saturated rings. The predicted molar refractivity (Wildman–Crippen MR) is 79.1 cm³/mol. The zero-order valence-corrected chi connectivity index (χ0v) is 12.3. The maximum absolute atomic E-state index is 12.3. The van der Waals surface area contributed by atoms with E-state index in [9.17, 15) is 4.79 Å². The second-order valence-electron chi connectivity index (χ2n) is 6.24. The van der Waals surface area contributed by atoms with Gasteiger partial charge in [0.1, 0.15) is 5.60 Å². The standard InChI is InChI=1S/C15H23N3O2/c1-15(2,3)20-14(19)18-8-7-12(17)13(18)10-5-4-6-11(16)9-10/h4-6,9,12-13H,7-8,16-17H2,1-3H3/t12-,13+/m0/s1. The number of nitrogens with two attached hydrogens (primary N) is 2. The van der Waals surface area contributed by atoms with Crippen LogP contribution < -0.4 is 11.5 Å². The fourth-order valence-corrected chi connectivity index (χ4v) is 2.51. The Hall–Kier alpha value is -1.75. The number of ether oxygens (including phenoxy) is 1. The van der Waals surface area contributed by atoms with Gasteiger partial charge in [-0.1, -0.05) is 12.1 Å². The van der Waals surface area contributed by atoms with Gasteiger partial charge in [-0.2, -0.15) is 0 Å². The fraction of sp³-hybridized carbons (Fsp3) is 0.533. The number of amides is 1. The van der Waals surface area contributed by atoms with Gasteiger partial charge in [0, 0.05) is 18.3 Å². The van der Waals surface area contributed by atoms with E-state index in [-0.39, 0.29) is 18.2 Å². The molecule has 0 spiro atoms. The van der Waals surface area contributed by atoms with Crippen molar-refractivity contribution >= 4 is 11.8 Å². The molecule has 20 heavy (non-hydrogen) atoms. The first-order chi connectivity index (χ1) is 9.28. The van der Waals surface area contributed by atoms with Gasteiger partial charge in [-0.15, -0.1) is 0 Å². The van der Waals surface area contributed by atoms with Crippen LogP contribution >= 0.6 is 0 Å². The molecule has 1 aliphatic rings. The van der Waals surface area contributed by atoms with Crippen LogP contribution in [0.5, 0.6) is 0 Å². The molecule has 1 saturated heterocycles. The molecule has 4 N–H and O–H groups in total. The summed E-state index contributed by atoms with van der Waals surface area (Å²) in [5.41, 5.74) is 13.1. The van der Waals surface area contributed by atoms with Crippen LogP contribution in [-0.2, 0) is 4.74 Å². The third kappa shape index (κ3) is 3.22. The van der Waals surface area contributed by atoms with Crippen molar-refractivity contribution < 1.29 is 9.53 Å². The van der Waals surface area contributed by atoms with Crippen molar-refractivity contribution in [3.05, 3.63) is 29.8 Å². The quantitative estimate of drug-likeness (QED) is 0.772. The minimum Gasteiger partial charge on any atom is -0.444 e. The first kappa shape index (κ1) is 14.7. The number of carbonyl (C=O) groups is 1. The van der Waals surface area contributed by atoms with Crippen molar-refractivity contribution in [3.8, 4) is 0 Å². The van der Waals surface area contributed by atoms with Gasteiger partial charge in [0.15, 0.2) is 0 Å². The Labute approximate surface area is 119 Å². The summed E-state index contributed by atoms with van der Waals surface area (Å²) in [5.74, 6) is 0. The monoisotopic (exact) mass is 277 g/mol. The van der Waals surface area contributed by atoms with Gasteiger partial charge in [-0.3, -0.25) is 4.90 Å². The number of hydrogen-bond donors (Lipinski definition) is 2. The zero-order chi connectivity index (χ0) is 14.9. The minimum atomic E-state index is -0.510. The number of benzene rings is 1. The van der Waals surface area contributed by atoms with E-state index >= 15 is 0 Å². The van der Waals surface area contributed by atoms with E-state index in [2.05, 4.69) is 0 Å². The van der Waals surface area contributed by atoms with Crippen LogP contribution in [-0.4, -0.2) is 29.2 Å². The highest BCUT2D eigenvalue weighted by atomic mass is 16.6. The summed E-state index contributed by atoms with van der Waals surface area (Å²) in [6.45, 7) is 6.18. The van der Waals surface area contributed by atoms with Crippen LogP contribution in [0.4, 0.5) is 10.5 Å². The first-order valence-corrected chi connectivity index (χ1v) is 6.88.